The average molecular weight is 376 g/mol. The second-order valence-corrected chi connectivity index (χ2v) is 6.11. The van der Waals surface area contributed by atoms with Crippen LogP contribution in [0.1, 0.15) is 20.7 Å². The Labute approximate surface area is 160 Å². The van der Waals surface area contributed by atoms with Crippen molar-refractivity contribution in [3.05, 3.63) is 71.8 Å². The topological polar surface area (TPSA) is 71.1 Å². The maximum absolute atomic E-state index is 12.6. The van der Waals surface area contributed by atoms with Gasteiger partial charge in [-0.25, -0.2) is 19.4 Å². The van der Waals surface area contributed by atoms with Crippen molar-refractivity contribution in [3.63, 3.8) is 0 Å². The van der Waals surface area contributed by atoms with Gasteiger partial charge in [0.1, 0.15) is 11.5 Å². The van der Waals surface area contributed by atoms with E-state index >= 15 is 0 Å². The first-order valence-corrected chi connectivity index (χ1v) is 8.51. The lowest BCUT2D eigenvalue weighted by Gasteiger charge is -2.14. The van der Waals surface area contributed by atoms with Gasteiger partial charge in [-0.1, -0.05) is 24.3 Å². The van der Waals surface area contributed by atoms with Crippen molar-refractivity contribution in [1.29, 1.82) is 0 Å². The lowest BCUT2D eigenvalue weighted by Crippen LogP contribution is -2.12. The number of benzene rings is 5. The summed E-state index contributed by atoms with van der Waals surface area (Å²) in [6.07, 6.45) is 0. The molecule has 0 aromatic heterocycles. The number of carbonyl (C=O) groups is 2. The summed E-state index contributed by atoms with van der Waals surface area (Å²) in [5, 5.41) is 3.31. The zero-order valence-electron chi connectivity index (χ0n) is 15.2. The van der Waals surface area contributed by atoms with E-state index in [-0.39, 0.29) is 5.56 Å². The molecule has 140 valence electrons. The molecule has 6 nitrogen and oxygen atoms in total. The quantitative estimate of drug-likeness (QED) is 0.389. The van der Waals surface area contributed by atoms with Crippen LogP contribution in [0.2, 0.25) is 0 Å². The minimum atomic E-state index is -0.776. The van der Waals surface area contributed by atoms with Crippen LogP contribution in [-0.2, 0) is 9.78 Å². The van der Waals surface area contributed by atoms with Crippen molar-refractivity contribution >= 4 is 33.5 Å². The Balaban J connectivity index is 1.60. The average Bonchev–Trinajstić information content (AvgIpc) is 2.77. The number of carbonyl (C=O) groups excluding carboxylic acids is 2. The molecule has 0 spiro atoms. The third kappa shape index (κ3) is 2.95. The second-order valence-electron chi connectivity index (χ2n) is 6.11. The van der Waals surface area contributed by atoms with E-state index < -0.39 is 11.9 Å². The van der Waals surface area contributed by atoms with E-state index in [1.54, 1.807) is 31.4 Å². The number of hydrogen-bond acceptors (Lipinski definition) is 6. The van der Waals surface area contributed by atoms with Crippen LogP contribution < -0.4 is 9.47 Å². The van der Waals surface area contributed by atoms with E-state index in [2.05, 4.69) is 0 Å². The fourth-order valence-electron chi connectivity index (χ4n) is 3.21. The molecule has 5 rings (SSSR count). The lowest BCUT2D eigenvalue weighted by molar-refractivity contribution is -0.187. The van der Waals surface area contributed by atoms with E-state index in [0.717, 1.165) is 16.2 Å². The zero-order chi connectivity index (χ0) is 19.7. The van der Waals surface area contributed by atoms with Crippen molar-refractivity contribution < 1.29 is 28.8 Å². The van der Waals surface area contributed by atoms with Crippen molar-refractivity contribution in [3.8, 4) is 11.5 Å². The maximum atomic E-state index is 12.6. The Bertz CT molecular complexity index is 1140. The van der Waals surface area contributed by atoms with Crippen LogP contribution in [0.3, 0.4) is 0 Å². The molecule has 0 unspecified atom stereocenters. The molecule has 0 fully saturated rings. The van der Waals surface area contributed by atoms with Gasteiger partial charge < -0.3 is 9.47 Å². The van der Waals surface area contributed by atoms with Crippen molar-refractivity contribution in [2.75, 3.05) is 14.2 Å². The Morgan fingerprint density at radius 1 is 0.643 bits per heavy atom. The van der Waals surface area contributed by atoms with Gasteiger partial charge in [-0.15, -0.1) is 0 Å². The SMILES string of the molecule is COc1ccc(C(=O)OOC(=O)c2ccc(OC)c3c4ccc(cc4)c23)cc1. The highest BCUT2D eigenvalue weighted by Gasteiger charge is 2.20. The molecule has 0 N–H and O–H groups in total. The number of fused-ring (bicyclic) bond motifs is 2. The van der Waals surface area contributed by atoms with Crippen LogP contribution in [0.25, 0.3) is 21.5 Å². The molecule has 0 radical (unpaired) electrons. The van der Waals surface area contributed by atoms with Gasteiger partial charge in [-0.05, 0) is 47.2 Å². The summed E-state index contributed by atoms with van der Waals surface area (Å²) >= 11 is 0. The van der Waals surface area contributed by atoms with Crippen LogP contribution >= 0.6 is 0 Å². The van der Waals surface area contributed by atoms with Gasteiger partial charge in [0.15, 0.2) is 0 Å². The summed E-state index contributed by atoms with van der Waals surface area (Å²) in [4.78, 5) is 34.3. The number of ether oxygens (including phenoxy) is 2. The lowest BCUT2D eigenvalue weighted by atomic mass is 9.95. The second kappa shape index (κ2) is 7.08. The van der Waals surface area contributed by atoms with E-state index in [0.29, 0.717) is 22.4 Å². The van der Waals surface area contributed by atoms with E-state index in [1.165, 1.54) is 19.2 Å². The Morgan fingerprint density at radius 2 is 1.25 bits per heavy atom. The molecule has 0 aliphatic carbocycles. The molecule has 0 saturated heterocycles. The van der Waals surface area contributed by atoms with Crippen LogP contribution in [0.5, 0.6) is 11.5 Å². The highest BCUT2D eigenvalue weighted by molar-refractivity contribution is 6.20. The predicted octanol–water partition coefficient (Wildman–Crippen LogP) is 4.38. The fraction of sp³-hybridized carbons (Fsp3) is 0.0909. The predicted molar refractivity (Wildman–Crippen MR) is 103 cm³/mol. The highest BCUT2D eigenvalue weighted by atomic mass is 17.2. The van der Waals surface area contributed by atoms with E-state index in [4.69, 9.17) is 19.2 Å². The minimum absolute atomic E-state index is 0.236. The molecule has 2 bridgehead atoms. The number of hydrogen-bond donors (Lipinski definition) is 0. The summed E-state index contributed by atoms with van der Waals surface area (Å²) in [7, 11) is 3.10. The van der Waals surface area contributed by atoms with Crippen LogP contribution in [0, 0.1) is 0 Å². The minimum Gasteiger partial charge on any atom is -0.497 e. The first-order valence-electron chi connectivity index (χ1n) is 8.51. The molecule has 6 heteroatoms. The Hall–Kier alpha value is -3.80. The largest absolute Gasteiger partial charge is 0.497 e. The highest BCUT2D eigenvalue weighted by Crippen LogP contribution is 2.37. The van der Waals surface area contributed by atoms with Crippen LogP contribution in [-0.4, -0.2) is 26.2 Å². The summed E-state index contributed by atoms with van der Waals surface area (Å²) in [5.74, 6) is -0.281. The number of methoxy groups -OCH3 is 2. The molecule has 0 atom stereocenters. The van der Waals surface area contributed by atoms with Gasteiger partial charge in [0.25, 0.3) is 0 Å². The third-order valence-electron chi connectivity index (χ3n) is 4.59. The Morgan fingerprint density at radius 3 is 1.86 bits per heavy atom. The summed E-state index contributed by atoms with van der Waals surface area (Å²) in [6, 6.07) is 17.3. The molecule has 28 heavy (non-hydrogen) atoms. The smallest absolute Gasteiger partial charge is 0.386 e. The van der Waals surface area contributed by atoms with Gasteiger partial charge in [0, 0.05) is 10.8 Å². The molecule has 0 amide bonds. The van der Waals surface area contributed by atoms with E-state index in [9.17, 15) is 9.59 Å². The van der Waals surface area contributed by atoms with Gasteiger partial charge in [0.2, 0.25) is 0 Å². The standard InChI is InChI=1S/C22H16O6/c1-25-16-9-7-15(8-10-16)21(23)27-28-22(24)17-11-12-18(26-2)20-14-5-3-13(4-6-14)19(17)20/h3-12H,1-2H3. The number of rotatable bonds is 4. The fourth-order valence-corrected chi connectivity index (χ4v) is 3.21. The first-order chi connectivity index (χ1) is 13.6. The summed E-state index contributed by atoms with van der Waals surface area (Å²) < 4.78 is 10.5. The van der Waals surface area contributed by atoms with Crippen molar-refractivity contribution in [2.45, 2.75) is 0 Å². The molecule has 0 aliphatic rings. The van der Waals surface area contributed by atoms with Crippen molar-refractivity contribution in [2.24, 2.45) is 0 Å². The normalized spacial score (nSPS) is 10.8. The zero-order valence-corrected chi connectivity index (χ0v) is 15.2. The third-order valence-corrected chi connectivity index (χ3v) is 4.59. The van der Waals surface area contributed by atoms with Gasteiger partial charge in [0.05, 0.1) is 25.3 Å². The molecule has 0 aliphatic heterocycles. The molecule has 5 aromatic rings. The summed E-state index contributed by atoms with van der Waals surface area (Å²) in [5.41, 5.74) is 0.528. The molecule has 0 heterocycles. The molecular weight excluding hydrogens is 360 g/mol. The molecular formula is C22H16O6. The maximum Gasteiger partial charge on any atom is 0.386 e. The summed E-state index contributed by atoms with van der Waals surface area (Å²) in [6.45, 7) is 0. The van der Waals surface area contributed by atoms with E-state index in [1.807, 2.05) is 24.3 Å². The van der Waals surface area contributed by atoms with Gasteiger partial charge >= 0.3 is 11.9 Å². The molecule has 5 aromatic carbocycles. The monoisotopic (exact) mass is 376 g/mol. The van der Waals surface area contributed by atoms with Gasteiger partial charge in [-0.2, -0.15) is 0 Å². The molecule has 0 saturated carbocycles. The van der Waals surface area contributed by atoms with Crippen LogP contribution in [0.15, 0.2) is 60.7 Å². The van der Waals surface area contributed by atoms with Gasteiger partial charge in [-0.3, -0.25) is 0 Å². The Kier molecular flexibility index (Phi) is 4.45. The van der Waals surface area contributed by atoms with Crippen molar-refractivity contribution in [1.82, 2.24) is 0 Å². The van der Waals surface area contributed by atoms with Crippen LogP contribution in [0.4, 0.5) is 0 Å². The first kappa shape index (κ1) is 17.6.